The van der Waals surface area contributed by atoms with Crippen LogP contribution in [-0.2, 0) is 10.9 Å². The number of rotatable bonds is 4. The smallest absolute Gasteiger partial charge is 0.378 e. The van der Waals surface area contributed by atoms with Gasteiger partial charge in [0.1, 0.15) is 0 Å². The number of alkyl halides is 3. The quantitative estimate of drug-likeness (QED) is 0.350. The van der Waals surface area contributed by atoms with Crippen LogP contribution in [0, 0.1) is 6.92 Å². The zero-order valence-corrected chi connectivity index (χ0v) is 19.3. The Labute approximate surface area is 204 Å². The van der Waals surface area contributed by atoms with E-state index in [1.165, 1.54) is 12.3 Å². The van der Waals surface area contributed by atoms with Crippen LogP contribution in [0.1, 0.15) is 11.3 Å². The molecule has 5 rings (SSSR count). The Morgan fingerprint density at radius 3 is 2.42 bits per heavy atom. The summed E-state index contributed by atoms with van der Waals surface area (Å²) in [7, 11) is 0. The van der Waals surface area contributed by atoms with Crippen molar-refractivity contribution in [3.05, 3.63) is 66.0 Å². The molecule has 1 aliphatic rings. The molecule has 0 atom stereocenters. The summed E-state index contributed by atoms with van der Waals surface area (Å²) in [5, 5.41) is 11.2. The predicted molar refractivity (Wildman–Crippen MR) is 131 cm³/mol. The van der Waals surface area contributed by atoms with E-state index in [0.717, 1.165) is 24.3 Å². The fraction of sp³-hybridized carbons (Fsp3) is 0.240. The lowest BCUT2D eigenvalue weighted by Crippen LogP contribution is -2.36. The van der Waals surface area contributed by atoms with Gasteiger partial charge in [-0.1, -0.05) is 12.1 Å². The van der Waals surface area contributed by atoms with Gasteiger partial charge in [-0.05, 0) is 60.0 Å². The molecule has 4 aromatic rings. The number of nitrogens with zero attached hydrogens (tertiary/aromatic N) is 3. The number of anilines is 3. The van der Waals surface area contributed by atoms with E-state index in [1.54, 1.807) is 24.3 Å². The lowest BCUT2D eigenvalue weighted by Gasteiger charge is -2.30. The summed E-state index contributed by atoms with van der Waals surface area (Å²) in [6.07, 6.45) is -3.20. The normalized spacial score (nSPS) is 14.2. The van der Waals surface area contributed by atoms with Crippen molar-refractivity contribution in [3.63, 3.8) is 0 Å². The third kappa shape index (κ3) is 4.82. The molecule has 186 valence electrons. The number of aryl methyl sites for hydroxylation is 1. The Balaban J connectivity index is 1.29. The number of pyridine rings is 1. The van der Waals surface area contributed by atoms with Crippen LogP contribution >= 0.6 is 0 Å². The summed E-state index contributed by atoms with van der Waals surface area (Å²) >= 11 is 0. The van der Waals surface area contributed by atoms with Gasteiger partial charge in [0.05, 0.1) is 18.6 Å². The number of urea groups is 1. The van der Waals surface area contributed by atoms with Gasteiger partial charge >= 0.3 is 12.2 Å². The summed E-state index contributed by atoms with van der Waals surface area (Å²) in [6.45, 7) is 5.03. The van der Waals surface area contributed by atoms with Crippen molar-refractivity contribution >= 4 is 34.1 Å². The molecule has 0 saturated carbocycles. The van der Waals surface area contributed by atoms with E-state index < -0.39 is 17.9 Å². The van der Waals surface area contributed by atoms with Crippen LogP contribution in [0.2, 0.25) is 0 Å². The number of morpholine rings is 1. The molecular weight excluding hydrogens is 473 g/mol. The van der Waals surface area contributed by atoms with Gasteiger partial charge < -0.3 is 20.3 Å². The summed E-state index contributed by atoms with van der Waals surface area (Å²) in [5.41, 5.74) is 3.20. The molecule has 1 fully saturated rings. The monoisotopic (exact) mass is 496 g/mol. The number of carbonyl (C=O) groups excluding carboxylic acids is 1. The lowest BCUT2D eigenvalue weighted by molar-refractivity contribution is -0.139. The van der Waals surface area contributed by atoms with Crippen molar-refractivity contribution in [2.45, 2.75) is 13.1 Å². The summed E-state index contributed by atoms with van der Waals surface area (Å²) in [5.74, 6) is 0. The molecule has 3 heterocycles. The lowest BCUT2D eigenvalue weighted by atomic mass is 10.0. The molecule has 2 amide bonds. The molecule has 0 unspecified atom stereocenters. The minimum Gasteiger partial charge on any atom is -0.378 e. The highest BCUT2D eigenvalue weighted by atomic mass is 19.4. The first-order valence-electron chi connectivity index (χ1n) is 11.3. The number of halogens is 3. The average molecular weight is 496 g/mol. The van der Waals surface area contributed by atoms with Crippen molar-refractivity contribution in [2.75, 3.05) is 41.8 Å². The van der Waals surface area contributed by atoms with Crippen LogP contribution in [0.15, 0.2) is 54.7 Å². The highest BCUT2D eigenvalue weighted by molar-refractivity contribution is 6.00. The van der Waals surface area contributed by atoms with Crippen molar-refractivity contribution in [1.82, 2.24) is 15.2 Å². The number of nitrogens with one attached hydrogen (secondary N) is 3. The van der Waals surface area contributed by atoms with Gasteiger partial charge in [-0.3, -0.25) is 5.10 Å². The first kappa shape index (κ1) is 23.6. The van der Waals surface area contributed by atoms with Crippen molar-refractivity contribution in [1.29, 1.82) is 0 Å². The topological polar surface area (TPSA) is 95.2 Å². The highest BCUT2D eigenvalue weighted by Crippen LogP contribution is 2.37. The van der Waals surface area contributed by atoms with E-state index in [2.05, 4.69) is 30.7 Å². The maximum absolute atomic E-state index is 13.4. The van der Waals surface area contributed by atoms with Gasteiger partial charge in [-0.15, -0.1) is 0 Å². The third-order valence-corrected chi connectivity index (χ3v) is 5.99. The van der Waals surface area contributed by atoms with Crippen LogP contribution in [0.4, 0.5) is 35.0 Å². The highest BCUT2D eigenvalue weighted by Gasteiger charge is 2.37. The van der Waals surface area contributed by atoms with Crippen LogP contribution in [0.25, 0.3) is 22.2 Å². The van der Waals surface area contributed by atoms with Crippen LogP contribution in [0.3, 0.4) is 0 Å². The number of hydrogen-bond donors (Lipinski definition) is 3. The summed E-state index contributed by atoms with van der Waals surface area (Å²) < 4.78 is 45.6. The second kappa shape index (κ2) is 9.50. The second-order valence-corrected chi connectivity index (χ2v) is 8.41. The molecule has 1 aliphatic heterocycles. The standard InChI is InChI=1S/C25H23F3N6O2/c1-15-14-18(6-7-20(15)34-10-12-36-13-11-34)31-24(35)30-17-4-2-16(3-5-17)19-8-9-29-23-21(19)22(32-33-23)25(26,27)28/h2-9,14H,10-13H2,1H3,(H,29,32,33)(H2,30,31,35). The van der Waals surface area contributed by atoms with Gasteiger partial charge in [-0.25, -0.2) is 9.78 Å². The van der Waals surface area contributed by atoms with E-state index in [0.29, 0.717) is 35.7 Å². The Morgan fingerprint density at radius 2 is 1.72 bits per heavy atom. The van der Waals surface area contributed by atoms with Gasteiger partial charge in [0, 0.05) is 36.3 Å². The molecule has 0 bridgehead atoms. The Hall–Kier alpha value is -4.12. The van der Waals surface area contributed by atoms with Gasteiger partial charge in [0.2, 0.25) is 0 Å². The third-order valence-electron chi connectivity index (χ3n) is 5.99. The molecule has 2 aromatic carbocycles. The molecule has 8 nitrogen and oxygen atoms in total. The molecular formula is C25H23F3N6O2. The van der Waals surface area contributed by atoms with Gasteiger partial charge in [0.25, 0.3) is 0 Å². The molecule has 0 radical (unpaired) electrons. The molecule has 3 N–H and O–H groups in total. The van der Waals surface area contributed by atoms with E-state index in [9.17, 15) is 18.0 Å². The number of aromatic amines is 1. The second-order valence-electron chi connectivity index (χ2n) is 8.41. The van der Waals surface area contributed by atoms with Crippen LogP contribution < -0.4 is 15.5 Å². The molecule has 1 saturated heterocycles. The molecule has 2 aromatic heterocycles. The number of carbonyl (C=O) groups is 1. The van der Waals surface area contributed by atoms with Crippen molar-refractivity contribution in [2.24, 2.45) is 0 Å². The first-order chi connectivity index (χ1) is 17.3. The van der Waals surface area contributed by atoms with Crippen LogP contribution in [0.5, 0.6) is 0 Å². The largest absolute Gasteiger partial charge is 0.435 e. The maximum atomic E-state index is 13.4. The van der Waals surface area contributed by atoms with Gasteiger partial charge in [-0.2, -0.15) is 18.3 Å². The Kier molecular flexibility index (Phi) is 6.23. The Bertz CT molecular complexity index is 1400. The molecule has 11 heteroatoms. The van der Waals surface area contributed by atoms with Crippen LogP contribution in [-0.4, -0.2) is 47.5 Å². The zero-order chi connectivity index (χ0) is 25.3. The zero-order valence-electron chi connectivity index (χ0n) is 19.3. The molecule has 0 aliphatic carbocycles. The maximum Gasteiger partial charge on any atom is 0.435 e. The molecule has 0 spiro atoms. The number of benzene rings is 2. The predicted octanol–water partition coefficient (Wildman–Crippen LogP) is 5.43. The van der Waals surface area contributed by atoms with Crippen molar-refractivity contribution in [3.8, 4) is 11.1 Å². The van der Waals surface area contributed by atoms with Gasteiger partial charge in [0.15, 0.2) is 11.3 Å². The number of hydrogen-bond acceptors (Lipinski definition) is 5. The number of amides is 2. The number of aromatic nitrogens is 3. The number of ether oxygens (including phenoxy) is 1. The molecule has 36 heavy (non-hydrogen) atoms. The first-order valence-corrected chi connectivity index (χ1v) is 11.3. The van der Waals surface area contributed by atoms with E-state index in [1.807, 2.05) is 25.1 Å². The fourth-order valence-corrected chi connectivity index (χ4v) is 4.32. The van der Waals surface area contributed by atoms with E-state index in [-0.39, 0.29) is 11.0 Å². The minimum absolute atomic E-state index is 0.0522. The average Bonchev–Trinajstić information content (AvgIpc) is 3.30. The fourth-order valence-electron chi connectivity index (χ4n) is 4.32. The van der Waals surface area contributed by atoms with E-state index in [4.69, 9.17) is 4.74 Å². The number of fused-ring (bicyclic) bond motifs is 1. The Morgan fingerprint density at radius 1 is 1.03 bits per heavy atom. The summed E-state index contributed by atoms with van der Waals surface area (Å²) in [6, 6.07) is 13.3. The minimum atomic E-state index is -4.62. The number of H-pyrrole nitrogens is 1. The SMILES string of the molecule is Cc1cc(NC(=O)Nc2ccc(-c3ccnc4[nH]nc(C(F)(F)F)c34)cc2)ccc1N1CCOCC1. The van der Waals surface area contributed by atoms with E-state index >= 15 is 0 Å². The summed E-state index contributed by atoms with van der Waals surface area (Å²) in [4.78, 5) is 18.7. The van der Waals surface area contributed by atoms with Crippen molar-refractivity contribution < 1.29 is 22.7 Å².